The maximum atomic E-state index is 6.26. The average Bonchev–Trinajstić information content (AvgIpc) is 3.20. The van der Waals surface area contributed by atoms with Gasteiger partial charge in [-0.1, -0.05) is 12.1 Å². The number of hydrogen-bond donors (Lipinski definition) is 0. The van der Waals surface area contributed by atoms with E-state index in [-0.39, 0.29) is 0 Å². The fourth-order valence-electron chi connectivity index (χ4n) is 4.57. The monoisotopic (exact) mass is 442 g/mol. The molecule has 168 valence electrons. The van der Waals surface area contributed by atoms with Crippen LogP contribution in [-0.2, 0) is 13.1 Å². The van der Waals surface area contributed by atoms with Crippen LogP contribution in [0.4, 0.5) is 0 Å². The lowest BCUT2D eigenvalue weighted by Crippen LogP contribution is -2.10. The number of aromatic nitrogens is 6. The van der Waals surface area contributed by atoms with Crippen LogP contribution in [0.5, 0.6) is 11.5 Å². The molecule has 1 fully saturated rings. The summed E-state index contributed by atoms with van der Waals surface area (Å²) in [5.74, 6) is 2.42. The van der Waals surface area contributed by atoms with Crippen LogP contribution in [0.1, 0.15) is 18.4 Å². The molecular weight excluding hydrogens is 416 g/mol. The Balaban J connectivity index is 1.46. The lowest BCUT2D eigenvalue weighted by Gasteiger charge is -2.13. The third-order valence-corrected chi connectivity index (χ3v) is 6.38. The number of ether oxygens (including phenoxy) is 2. The Kier molecular flexibility index (Phi) is 4.78. The van der Waals surface area contributed by atoms with Gasteiger partial charge in [0.25, 0.3) is 0 Å². The van der Waals surface area contributed by atoms with Gasteiger partial charge in [0.05, 0.1) is 24.9 Å². The molecule has 0 unspecified atom stereocenters. The van der Waals surface area contributed by atoms with Crippen molar-refractivity contribution in [3.05, 3.63) is 60.8 Å². The highest BCUT2D eigenvalue weighted by atomic mass is 16.5. The molecule has 0 bridgehead atoms. The summed E-state index contributed by atoms with van der Waals surface area (Å²) in [4.78, 5) is 4.00. The van der Waals surface area contributed by atoms with Crippen molar-refractivity contribution in [3.8, 4) is 22.9 Å². The molecule has 6 rings (SSSR count). The van der Waals surface area contributed by atoms with Crippen molar-refractivity contribution in [2.24, 2.45) is 5.92 Å². The molecule has 1 aromatic carbocycles. The van der Waals surface area contributed by atoms with Gasteiger partial charge in [0.1, 0.15) is 42.0 Å². The normalized spacial score (nSPS) is 13.8. The average molecular weight is 443 g/mol. The summed E-state index contributed by atoms with van der Waals surface area (Å²) in [6.45, 7) is 4.26. The SMILES string of the molecule is COc1cccn2nc(-c3cc4cccc(OCCn5cncn5)c4n3CC3CC3)c(C)c12. The van der Waals surface area contributed by atoms with Gasteiger partial charge in [-0.25, -0.2) is 14.2 Å². The molecule has 1 aliphatic carbocycles. The number of para-hydroxylation sites is 1. The van der Waals surface area contributed by atoms with Crippen molar-refractivity contribution >= 4 is 16.4 Å². The van der Waals surface area contributed by atoms with Gasteiger partial charge in [-0.2, -0.15) is 10.2 Å². The van der Waals surface area contributed by atoms with Crippen LogP contribution >= 0.6 is 0 Å². The Morgan fingerprint density at radius 2 is 1.97 bits per heavy atom. The van der Waals surface area contributed by atoms with Gasteiger partial charge in [-0.3, -0.25) is 0 Å². The summed E-state index contributed by atoms with van der Waals surface area (Å²) in [5.41, 5.74) is 5.34. The summed E-state index contributed by atoms with van der Waals surface area (Å²) in [5, 5.41) is 10.3. The van der Waals surface area contributed by atoms with E-state index in [9.17, 15) is 0 Å². The predicted octanol–water partition coefficient (Wildman–Crippen LogP) is 4.35. The minimum absolute atomic E-state index is 0.525. The highest BCUT2D eigenvalue weighted by molar-refractivity contribution is 5.92. The minimum Gasteiger partial charge on any atom is -0.494 e. The summed E-state index contributed by atoms with van der Waals surface area (Å²) in [7, 11) is 1.70. The van der Waals surface area contributed by atoms with Crippen molar-refractivity contribution in [1.29, 1.82) is 0 Å². The Morgan fingerprint density at radius 1 is 1.09 bits per heavy atom. The number of aryl methyl sites for hydroxylation is 1. The second-order valence-corrected chi connectivity index (χ2v) is 8.63. The fourth-order valence-corrected chi connectivity index (χ4v) is 4.57. The first kappa shape index (κ1) is 19.8. The third-order valence-electron chi connectivity index (χ3n) is 6.38. The highest BCUT2D eigenvalue weighted by Crippen LogP contribution is 2.40. The van der Waals surface area contributed by atoms with Crippen LogP contribution in [0.25, 0.3) is 27.8 Å². The molecule has 0 N–H and O–H groups in total. The van der Waals surface area contributed by atoms with Crippen molar-refractivity contribution in [2.75, 3.05) is 13.7 Å². The van der Waals surface area contributed by atoms with Crippen LogP contribution in [0.3, 0.4) is 0 Å². The van der Waals surface area contributed by atoms with Crippen LogP contribution in [0.2, 0.25) is 0 Å². The van der Waals surface area contributed by atoms with Crippen molar-refractivity contribution < 1.29 is 9.47 Å². The Labute approximate surface area is 191 Å². The standard InChI is InChI=1S/C25H26N6O2/c1-17-23(28-31-10-4-7-21(32-2)24(17)31)20-13-19-5-3-6-22(25(19)30(20)14-18-8-9-18)33-12-11-29-16-26-15-27-29/h3-7,10,13,15-16,18H,8-9,11-12,14H2,1-2H3. The second-order valence-electron chi connectivity index (χ2n) is 8.63. The quantitative estimate of drug-likeness (QED) is 0.357. The van der Waals surface area contributed by atoms with E-state index in [4.69, 9.17) is 14.6 Å². The van der Waals surface area contributed by atoms with Crippen LogP contribution in [0, 0.1) is 12.8 Å². The van der Waals surface area contributed by atoms with E-state index < -0.39 is 0 Å². The van der Waals surface area contributed by atoms with Crippen LogP contribution in [-0.4, -0.2) is 42.7 Å². The number of nitrogens with zero attached hydrogens (tertiary/aromatic N) is 6. The zero-order chi connectivity index (χ0) is 22.4. The Hall–Kier alpha value is -3.81. The molecule has 0 saturated heterocycles. The Morgan fingerprint density at radius 3 is 2.76 bits per heavy atom. The minimum atomic E-state index is 0.525. The zero-order valence-electron chi connectivity index (χ0n) is 18.8. The maximum absolute atomic E-state index is 6.26. The van der Waals surface area contributed by atoms with E-state index in [2.05, 4.69) is 45.8 Å². The molecule has 1 saturated carbocycles. The van der Waals surface area contributed by atoms with Gasteiger partial charge in [0, 0.05) is 23.7 Å². The van der Waals surface area contributed by atoms with Gasteiger partial charge < -0.3 is 14.0 Å². The number of pyridine rings is 1. The smallest absolute Gasteiger partial charge is 0.144 e. The fraction of sp³-hybridized carbons (Fsp3) is 0.320. The molecule has 0 amide bonds. The van der Waals surface area contributed by atoms with Crippen LogP contribution < -0.4 is 9.47 Å². The summed E-state index contributed by atoms with van der Waals surface area (Å²) >= 11 is 0. The number of hydrogen-bond acceptors (Lipinski definition) is 5. The highest BCUT2D eigenvalue weighted by Gasteiger charge is 2.27. The molecule has 33 heavy (non-hydrogen) atoms. The second kappa shape index (κ2) is 7.95. The topological polar surface area (TPSA) is 71.4 Å². The number of benzene rings is 1. The first-order valence-corrected chi connectivity index (χ1v) is 11.3. The molecule has 4 heterocycles. The molecule has 0 spiro atoms. The first-order valence-electron chi connectivity index (χ1n) is 11.3. The number of rotatable bonds is 8. The first-order chi connectivity index (χ1) is 16.2. The summed E-state index contributed by atoms with van der Waals surface area (Å²) in [6.07, 6.45) is 7.76. The number of methoxy groups -OCH3 is 1. The van der Waals surface area contributed by atoms with E-state index in [1.807, 2.05) is 22.8 Å². The van der Waals surface area contributed by atoms with Crippen molar-refractivity contribution in [2.45, 2.75) is 32.9 Å². The lowest BCUT2D eigenvalue weighted by atomic mass is 10.1. The molecule has 1 aliphatic rings. The lowest BCUT2D eigenvalue weighted by molar-refractivity contribution is 0.293. The third kappa shape index (κ3) is 3.51. The zero-order valence-corrected chi connectivity index (χ0v) is 18.8. The van der Waals surface area contributed by atoms with E-state index in [1.165, 1.54) is 12.8 Å². The van der Waals surface area contributed by atoms with E-state index >= 15 is 0 Å². The van der Waals surface area contributed by atoms with Gasteiger partial charge >= 0.3 is 0 Å². The van der Waals surface area contributed by atoms with Crippen molar-refractivity contribution in [3.63, 3.8) is 0 Å². The summed E-state index contributed by atoms with van der Waals surface area (Å²) < 4.78 is 18.0. The largest absolute Gasteiger partial charge is 0.494 e. The molecule has 8 nitrogen and oxygen atoms in total. The van der Waals surface area contributed by atoms with Gasteiger partial charge in [0.2, 0.25) is 0 Å². The van der Waals surface area contributed by atoms with Gasteiger partial charge in [-0.05, 0) is 49.9 Å². The molecule has 0 radical (unpaired) electrons. The molecule has 5 aromatic rings. The van der Waals surface area contributed by atoms with E-state index in [0.717, 1.165) is 51.4 Å². The summed E-state index contributed by atoms with van der Waals surface area (Å²) in [6, 6.07) is 12.4. The number of fused-ring (bicyclic) bond motifs is 2. The molecule has 0 aliphatic heterocycles. The van der Waals surface area contributed by atoms with E-state index in [0.29, 0.717) is 19.1 Å². The van der Waals surface area contributed by atoms with E-state index in [1.54, 1.807) is 24.4 Å². The van der Waals surface area contributed by atoms with Crippen LogP contribution in [0.15, 0.2) is 55.2 Å². The molecule has 0 atom stereocenters. The van der Waals surface area contributed by atoms with Crippen molar-refractivity contribution in [1.82, 2.24) is 28.9 Å². The Bertz CT molecular complexity index is 1430. The molecule has 8 heteroatoms. The van der Waals surface area contributed by atoms with Gasteiger partial charge in [-0.15, -0.1) is 0 Å². The predicted molar refractivity (Wildman–Crippen MR) is 126 cm³/mol. The maximum Gasteiger partial charge on any atom is 0.144 e. The molecule has 4 aromatic heterocycles. The van der Waals surface area contributed by atoms with Gasteiger partial charge in [0.15, 0.2) is 0 Å². The molecular formula is C25H26N6O2.